The van der Waals surface area contributed by atoms with Gasteiger partial charge in [0.15, 0.2) is 0 Å². The summed E-state index contributed by atoms with van der Waals surface area (Å²) in [4.78, 5) is 26.0. The van der Waals surface area contributed by atoms with Crippen LogP contribution in [-0.2, 0) is 23.1 Å². The van der Waals surface area contributed by atoms with E-state index in [1.54, 1.807) is 11.0 Å². The highest BCUT2D eigenvalue weighted by Crippen LogP contribution is 2.38. The van der Waals surface area contributed by atoms with Crippen molar-refractivity contribution in [1.82, 2.24) is 4.90 Å². The van der Waals surface area contributed by atoms with Gasteiger partial charge >= 0.3 is 5.97 Å². The molecule has 0 radical (unpaired) electrons. The average Bonchev–Trinajstić information content (AvgIpc) is 3.07. The number of carboxylic acids is 1. The first-order valence-electron chi connectivity index (χ1n) is 12.3. The topological polar surface area (TPSA) is 66.8 Å². The SMILES string of the molecule is CC(C)CCN(CCC(=O)O)C(=O)c1ccc2c(c1)C[C@@](C)(Cc1ccc(C(C)(C)C)cc1)O2. The maximum absolute atomic E-state index is 13.2. The summed E-state index contributed by atoms with van der Waals surface area (Å²) in [5, 5.41) is 9.10. The summed E-state index contributed by atoms with van der Waals surface area (Å²) in [6.45, 7) is 13.7. The molecule has 2 aromatic carbocycles. The van der Waals surface area contributed by atoms with Crippen LogP contribution in [0.2, 0.25) is 0 Å². The first-order chi connectivity index (χ1) is 15.9. The van der Waals surface area contributed by atoms with Crippen molar-refractivity contribution in [2.75, 3.05) is 13.1 Å². The predicted octanol–water partition coefficient (Wildman–Crippen LogP) is 5.88. The Labute approximate surface area is 204 Å². The van der Waals surface area contributed by atoms with Gasteiger partial charge in [0.05, 0.1) is 6.42 Å². The molecule has 1 atom stereocenters. The Kier molecular flexibility index (Phi) is 7.74. The lowest BCUT2D eigenvalue weighted by molar-refractivity contribution is -0.137. The summed E-state index contributed by atoms with van der Waals surface area (Å²) in [5.41, 5.74) is 3.92. The summed E-state index contributed by atoms with van der Waals surface area (Å²) >= 11 is 0. The van der Waals surface area contributed by atoms with E-state index in [1.165, 1.54) is 11.1 Å². The minimum atomic E-state index is -0.893. The normalized spacial score (nSPS) is 17.4. The van der Waals surface area contributed by atoms with Gasteiger partial charge in [0.2, 0.25) is 0 Å². The third-order valence-electron chi connectivity index (χ3n) is 6.49. The van der Waals surface area contributed by atoms with Gasteiger partial charge in [0, 0.05) is 31.5 Å². The Hall–Kier alpha value is -2.82. The Morgan fingerprint density at radius 3 is 2.35 bits per heavy atom. The number of carboxylic acid groups (broad SMARTS) is 1. The van der Waals surface area contributed by atoms with Crippen molar-refractivity contribution in [3.05, 3.63) is 64.7 Å². The predicted molar refractivity (Wildman–Crippen MR) is 136 cm³/mol. The zero-order valence-electron chi connectivity index (χ0n) is 21.5. The molecule has 0 spiro atoms. The molecule has 3 rings (SSSR count). The quantitative estimate of drug-likeness (QED) is 0.502. The lowest BCUT2D eigenvalue weighted by Crippen LogP contribution is -2.34. The van der Waals surface area contributed by atoms with Crippen LogP contribution in [0.4, 0.5) is 0 Å². The number of fused-ring (bicyclic) bond motifs is 1. The lowest BCUT2D eigenvalue weighted by Gasteiger charge is -2.25. The van der Waals surface area contributed by atoms with Gasteiger partial charge in [-0.2, -0.15) is 0 Å². The van der Waals surface area contributed by atoms with Gasteiger partial charge in [0.25, 0.3) is 5.91 Å². The summed E-state index contributed by atoms with van der Waals surface area (Å²) in [6, 6.07) is 14.4. The summed E-state index contributed by atoms with van der Waals surface area (Å²) in [6.07, 6.45) is 2.30. The molecule has 0 saturated heterocycles. The number of nitrogens with zero attached hydrogens (tertiary/aromatic N) is 1. The van der Waals surface area contributed by atoms with E-state index in [-0.39, 0.29) is 29.9 Å². The largest absolute Gasteiger partial charge is 0.487 e. The van der Waals surface area contributed by atoms with E-state index in [1.807, 2.05) is 12.1 Å². The Balaban J connectivity index is 1.72. The van der Waals surface area contributed by atoms with Gasteiger partial charge < -0.3 is 14.7 Å². The number of carbonyl (C=O) groups excluding carboxylic acids is 1. The van der Waals surface area contributed by atoms with Crippen LogP contribution < -0.4 is 4.74 Å². The van der Waals surface area contributed by atoms with Crippen LogP contribution in [0, 0.1) is 5.92 Å². The Morgan fingerprint density at radius 1 is 1.09 bits per heavy atom. The van der Waals surface area contributed by atoms with Crippen molar-refractivity contribution >= 4 is 11.9 Å². The van der Waals surface area contributed by atoms with Gasteiger partial charge in [-0.05, 0) is 59.6 Å². The standard InChI is InChI=1S/C29H39NO4/c1-20(2)13-15-30(16-14-26(31)32)27(33)22-9-12-25-23(17-22)19-29(6,34-25)18-21-7-10-24(11-8-21)28(3,4)5/h7-12,17,20H,13-16,18-19H2,1-6H3,(H,31,32)/t29-/m1/s1. The fraction of sp³-hybridized carbons (Fsp3) is 0.517. The van der Waals surface area contributed by atoms with Crippen LogP contribution in [-0.4, -0.2) is 40.6 Å². The minimum Gasteiger partial charge on any atom is -0.487 e. The number of amides is 1. The highest BCUT2D eigenvalue weighted by Gasteiger charge is 2.35. The van der Waals surface area contributed by atoms with Crippen molar-refractivity contribution in [3.63, 3.8) is 0 Å². The molecule has 0 aliphatic carbocycles. The third kappa shape index (κ3) is 6.62. The molecule has 34 heavy (non-hydrogen) atoms. The Morgan fingerprint density at radius 2 is 1.76 bits per heavy atom. The molecular formula is C29H39NO4. The number of hydrogen-bond acceptors (Lipinski definition) is 3. The smallest absolute Gasteiger partial charge is 0.305 e. The number of ether oxygens (including phenoxy) is 1. The molecular weight excluding hydrogens is 426 g/mol. The summed E-state index contributed by atoms with van der Waals surface area (Å²) in [7, 11) is 0. The third-order valence-corrected chi connectivity index (χ3v) is 6.49. The van der Waals surface area contributed by atoms with E-state index < -0.39 is 5.97 Å². The second-order valence-corrected chi connectivity index (χ2v) is 11.3. The molecule has 0 fully saturated rings. The van der Waals surface area contributed by atoms with Gasteiger partial charge in [0.1, 0.15) is 11.4 Å². The maximum Gasteiger partial charge on any atom is 0.305 e. The molecule has 0 bridgehead atoms. The van der Waals surface area contributed by atoms with Gasteiger partial charge in [-0.15, -0.1) is 0 Å². The van der Waals surface area contributed by atoms with Crippen LogP contribution in [0.25, 0.3) is 0 Å². The zero-order valence-corrected chi connectivity index (χ0v) is 21.5. The number of hydrogen-bond donors (Lipinski definition) is 1. The average molecular weight is 466 g/mol. The maximum atomic E-state index is 13.2. The molecule has 2 aromatic rings. The molecule has 1 N–H and O–H groups in total. The van der Waals surface area contributed by atoms with Gasteiger partial charge in [-0.3, -0.25) is 9.59 Å². The van der Waals surface area contributed by atoms with Crippen molar-refractivity contribution < 1.29 is 19.4 Å². The molecule has 0 aromatic heterocycles. The molecule has 5 heteroatoms. The fourth-order valence-electron chi connectivity index (χ4n) is 4.45. The monoisotopic (exact) mass is 465 g/mol. The number of aliphatic carboxylic acids is 1. The molecule has 1 amide bonds. The van der Waals surface area contributed by atoms with E-state index in [2.05, 4.69) is 65.8 Å². The summed E-state index contributed by atoms with van der Waals surface area (Å²) < 4.78 is 6.35. The highest BCUT2D eigenvalue weighted by atomic mass is 16.5. The molecule has 0 saturated carbocycles. The molecule has 1 heterocycles. The second-order valence-electron chi connectivity index (χ2n) is 11.3. The van der Waals surface area contributed by atoms with E-state index >= 15 is 0 Å². The van der Waals surface area contributed by atoms with E-state index in [0.29, 0.717) is 18.0 Å². The second kappa shape index (κ2) is 10.2. The van der Waals surface area contributed by atoms with E-state index in [9.17, 15) is 9.59 Å². The first-order valence-corrected chi connectivity index (χ1v) is 12.3. The van der Waals surface area contributed by atoms with Crippen LogP contribution in [0.15, 0.2) is 42.5 Å². The molecule has 1 aliphatic heterocycles. The molecule has 5 nitrogen and oxygen atoms in total. The van der Waals surface area contributed by atoms with Crippen molar-refractivity contribution in [2.24, 2.45) is 5.92 Å². The van der Waals surface area contributed by atoms with Crippen molar-refractivity contribution in [3.8, 4) is 5.75 Å². The number of rotatable bonds is 9. The highest BCUT2D eigenvalue weighted by molar-refractivity contribution is 5.95. The van der Waals surface area contributed by atoms with Crippen LogP contribution in [0.1, 0.15) is 81.4 Å². The number of benzene rings is 2. The fourth-order valence-corrected chi connectivity index (χ4v) is 4.45. The van der Waals surface area contributed by atoms with Crippen LogP contribution in [0.5, 0.6) is 5.75 Å². The number of carbonyl (C=O) groups is 2. The first kappa shape index (κ1) is 25.8. The van der Waals surface area contributed by atoms with Crippen LogP contribution in [0.3, 0.4) is 0 Å². The van der Waals surface area contributed by atoms with Gasteiger partial charge in [-0.1, -0.05) is 58.9 Å². The molecule has 184 valence electrons. The molecule has 1 aliphatic rings. The van der Waals surface area contributed by atoms with Crippen molar-refractivity contribution in [2.45, 2.75) is 78.2 Å². The Bertz CT molecular complexity index is 1020. The zero-order chi connectivity index (χ0) is 25.1. The van der Waals surface area contributed by atoms with Gasteiger partial charge in [-0.25, -0.2) is 0 Å². The van der Waals surface area contributed by atoms with Crippen LogP contribution >= 0.6 is 0 Å². The molecule has 0 unspecified atom stereocenters. The van der Waals surface area contributed by atoms with E-state index in [4.69, 9.17) is 9.84 Å². The summed E-state index contributed by atoms with van der Waals surface area (Å²) in [5.74, 6) is 0.253. The lowest BCUT2D eigenvalue weighted by atomic mass is 9.85. The minimum absolute atomic E-state index is 0.0516. The van der Waals surface area contributed by atoms with E-state index in [0.717, 1.165) is 30.6 Å². The van der Waals surface area contributed by atoms with Crippen molar-refractivity contribution in [1.29, 1.82) is 0 Å².